The number of hydrogen-bond donors (Lipinski definition) is 2. The van der Waals surface area contributed by atoms with Gasteiger partial charge in [0.05, 0.1) is 23.6 Å². The summed E-state index contributed by atoms with van der Waals surface area (Å²) in [6.07, 6.45) is 3.37. The summed E-state index contributed by atoms with van der Waals surface area (Å²) in [5.41, 5.74) is 2.91. The van der Waals surface area contributed by atoms with Crippen LogP contribution < -0.4 is 5.32 Å². The van der Waals surface area contributed by atoms with E-state index in [2.05, 4.69) is 20.3 Å². The Hall–Kier alpha value is -2.30. The van der Waals surface area contributed by atoms with Gasteiger partial charge in [-0.25, -0.2) is 9.97 Å². The summed E-state index contributed by atoms with van der Waals surface area (Å²) in [5, 5.41) is 2.85. The van der Waals surface area contributed by atoms with E-state index in [1.807, 2.05) is 18.2 Å². The highest BCUT2D eigenvalue weighted by atomic mass is 16.4. The van der Waals surface area contributed by atoms with E-state index in [1.54, 1.807) is 19.6 Å². The molecule has 5 heteroatoms. The van der Waals surface area contributed by atoms with Crippen molar-refractivity contribution in [3.05, 3.63) is 30.7 Å². The molecule has 0 aliphatic carbocycles. The standard InChI is InChI=1S/C11H10N4O/c1-12-11-13-5-10(16-11)7-2-3-8-9(4-7)15-6-14-8/h2-6H,1H3,(H,12,13)(H,14,15). The molecule has 1 aromatic carbocycles. The molecule has 0 bridgehead atoms. The number of aromatic nitrogens is 3. The van der Waals surface area contributed by atoms with Crippen molar-refractivity contribution in [1.29, 1.82) is 0 Å². The molecule has 3 rings (SSSR count). The van der Waals surface area contributed by atoms with E-state index in [4.69, 9.17) is 4.42 Å². The van der Waals surface area contributed by atoms with Crippen LogP contribution in [0.5, 0.6) is 0 Å². The minimum atomic E-state index is 0.514. The molecular formula is C11H10N4O. The number of H-pyrrole nitrogens is 1. The third-order valence-electron chi connectivity index (χ3n) is 2.42. The van der Waals surface area contributed by atoms with Gasteiger partial charge in [0.25, 0.3) is 6.01 Å². The van der Waals surface area contributed by atoms with E-state index in [0.29, 0.717) is 6.01 Å². The van der Waals surface area contributed by atoms with Crippen molar-refractivity contribution in [2.24, 2.45) is 0 Å². The molecule has 2 N–H and O–H groups in total. The Morgan fingerprint density at radius 2 is 2.25 bits per heavy atom. The number of nitrogens with zero attached hydrogens (tertiary/aromatic N) is 2. The number of nitrogens with one attached hydrogen (secondary N) is 2. The van der Waals surface area contributed by atoms with Crippen LogP contribution in [0.15, 0.2) is 35.1 Å². The van der Waals surface area contributed by atoms with Crippen molar-refractivity contribution in [2.75, 3.05) is 12.4 Å². The van der Waals surface area contributed by atoms with Crippen LogP contribution in [0.3, 0.4) is 0 Å². The zero-order valence-corrected chi connectivity index (χ0v) is 8.69. The van der Waals surface area contributed by atoms with Gasteiger partial charge in [0.1, 0.15) is 0 Å². The van der Waals surface area contributed by atoms with Crippen LogP contribution in [0, 0.1) is 0 Å². The normalized spacial score (nSPS) is 10.8. The summed E-state index contributed by atoms with van der Waals surface area (Å²) in [4.78, 5) is 11.3. The molecule has 0 spiro atoms. The van der Waals surface area contributed by atoms with Gasteiger partial charge in [0.2, 0.25) is 0 Å². The fourth-order valence-electron chi connectivity index (χ4n) is 1.61. The summed E-state index contributed by atoms with van der Waals surface area (Å²) in [6.45, 7) is 0. The fraction of sp³-hybridized carbons (Fsp3) is 0.0909. The molecule has 0 radical (unpaired) electrons. The lowest BCUT2D eigenvalue weighted by atomic mass is 10.1. The lowest BCUT2D eigenvalue weighted by Crippen LogP contribution is -1.85. The Morgan fingerprint density at radius 3 is 3.06 bits per heavy atom. The molecule has 0 saturated carbocycles. The van der Waals surface area contributed by atoms with Gasteiger partial charge in [-0.05, 0) is 18.2 Å². The van der Waals surface area contributed by atoms with E-state index < -0.39 is 0 Å². The third-order valence-corrected chi connectivity index (χ3v) is 2.42. The van der Waals surface area contributed by atoms with Crippen LogP contribution in [0.2, 0.25) is 0 Å². The molecule has 0 fully saturated rings. The smallest absolute Gasteiger partial charge is 0.294 e. The molecule has 0 amide bonds. The van der Waals surface area contributed by atoms with Crippen molar-refractivity contribution >= 4 is 17.0 Å². The number of fused-ring (bicyclic) bond motifs is 1. The number of benzene rings is 1. The first-order valence-corrected chi connectivity index (χ1v) is 4.94. The minimum Gasteiger partial charge on any atom is -0.424 e. The zero-order chi connectivity index (χ0) is 11.0. The van der Waals surface area contributed by atoms with Gasteiger partial charge < -0.3 is 14.7 Å². The molecule has 0 aliphatic rings. The second-order valence-corrected chi connectivity index (χ2v) is 3.41. The topological polar surface area (TPSA) is 66.7 Å². The van der Waals surface area contributed by atoms with Crippen LogP contribution in [0.25, 0.3) is 22.4 Å². The van der Waals surface area contributed by atoms with E-state index in [9.17, 15) is 0 Å². The molecule has 0 aliphatic heterocycles. The molecule has 0 atom stereocenters. The van der Waals surface area contributed by atoms with Crippen LogP contribution in [-0.2, 0) is 0 Å². The van der Waals surface area contributed by atoms with Crippen LogP contribution in [-0.4, -0.2) is 22.0 Å². The summed E-state index contributed by atoms with van der Waals surface area (Å²) in [7, 11) is 1.77. The van der Waals surface area contributed by atoms with Gasteiger partial charge in [0, 0.05) is 12.6 Å². The first-order chi connectivity index (χ1) is 7.86. The van der Waals surface area contributed by atoms with E-state index in [-0.39, 0.29) is 0 Å². The summed E-state index contributed by atoms with van der Waals surface area (Å²) < 4.78 is 5.49. The first-order valence-electron chi connectivity index (χ1n) is 4.94. The lowest BCUT2D eigenvalue weighted by molar-refractivity contribution is 0.590. The number of imidazole rings is 1. The molecule has 16 heavy (non-hydrogen) atoms. The minimum absolute atomic E-state index is 0.514. The SMILES string of the molecule is CNc1ncc(-c2ccc3nc[nH]c3c2)o1. The van der Waals surface area contributed by atoms with Crippen molar-refractivity contribution in [3.8, 4) is 11.3 Å². The van der Waals surface area contributed by atoms with Crippen LogP contribution >= 0.6 is 0 Å². The van der Waals surface area contributed by atoms with E-state index in [1.165, 1.54) is 0 Å². The summed E-state index contributed by atoms with van der Waals surface area (Å²) in [6, 6.07) is 6.41. The number of rotatable bonds is 2. The highest BCUT2D eigenvalue weighted by Crippen LogP contribution is 2.24. The molecule has 2 aromatic heterocycles. The predicted molar refractivity (Wildman–Crippen MR) is 61.1 cm³/mol. The van der Waals surface area contributed by atoms with Crippen molar-refractivity contribution in [2.45, 2.75) is 0 Å². The Balaban J connectivity index is 2.10. The maximum absolute atomic E-state index is 5.49. The number of oxazole rings is 1. The maximum atomic E-state index is 5.49. The number of anilines is 1. The molecule has 3 aromatic rings. The average molecular weight is 214 g/mol. The number of aromatic amines is 1. The Morgan fingerprint density at radius 1 is 1.31 bits per heavy atom. The van der Waals surface area contributed by atoms with Crippen molar-refractivity contribution < 1.29 is 4.42 Å². The van der Waals surface area contributed by atoms with Gasteiger partial charge in [-0.2, -0.15) is 0 Å². The van der Waals surface area contributed by atoms with Gasteiger partial charge in [-0.15, -0.1) is 0 Å². The average Bonchev–Trinajstić information content (AvgIpc) is 2.96. The van der Waals surface area contributed by atoms with Gasteiger partial charge in [0.15, 0.2) is 5.76 Å². The molecular weight excluding hydrogens is 204 g/mol. The van der Waals surface area contributed by atoms with E-state index >= 15 is 0 Å². The third kappa shape index (κ3) is 1.33. The molecule has 2 heterocycles. The molecule has 0 saturated heterocycles. The van der Waals surface area contributed by atoms with Crippen molar-refractivity contribution in [3.63, 3.8) is 0 Å². The molecule has 80 valence electrons. The Bertz CT molecular complexity index is 625. The van der Waals surface area contributed by atoms with Crippen LogP contribution in [0.4, 0.5) is 6.01 Å². The predicted octanol–water partition coefficient (Wildman–Crippen LogP) is 2.26. The zero-order valence-electron chi connectivity index (χ0n) is 8.69. The van der Waals surface area contributed by atoms with Crippen molar-refractivity contribution in [1.82, 2.24) is 15.0 Å². The lowest BCUT2D eigenvalue weighted by Gasteiger charge is -1.96. The highest BCUT2D eigenvalue weighted by molar-refractivity contribution is 5.80. The maximum Gasteiger partial charge on any atom is 0.294 e. The summed E-state index contributed by atoms with van der Waals surface area (Å²) >= 11 is 0. The highest BCUT2D eigenvalue weighted by Gasteiger charge is 2.06. The van der Waals surface area contributed by atoms with Gasteiger partial charge in [-0.3, -0.25) is 0 Å². The Labute approximate surface area is 91.5 Å². The summed E-state index contributed by atoms with van der Waals surface area (Å²) in [5.74, 6) is 0.737. The Kier molecular flexibility index (Phi) is 1.89. The van der Waals surface area contributed by atoms with Crippen LogP contribution in [0.1, 0.15) is 0 Å². The quantitative estimate of drug-likeness (QED) is 0.686. The van der Waals surface area contributed by atoms with Gasteiger partial charge >= 0.3 is 0 Å². The van der Waals surface area contributed by atoms with Gasteiger partial charge in [-0.1, -0.05) is 0 Å². The second-order valence-electron chi connectivity index (χ2n) is 3.41. The second kappa shape index (κ2) is 3.37. The fourth-order valence-corrected chi connectivity index (χ4v) is 1.61. The largest absolute Gasteiger partial charge is 0.424 e. The monoisotopic (exact) mass is 214 g/mol. The number of hydrogen-bond acceptors (Lipinski definition) is 4. The molecule has 0 unspecified atom stereocenters. The first kappa shape index (κ1) is 8.96. The van der Waals surface area contributed by atoms with E-state index in [0.717, 1.165) is 22.4 Å². The molecule has 5 nitrogen and oxygen atoms in total.